The molecule has 0 fully saturated rings. The lowest BCUT2D eigenvalue weighted by molar-refractivity contribution is 0.214. The van der Waals surface area contributed by atoms with Crippen molar-refractivity contribution in [2.75, 3.05) is 18.7 Å². The summed E-state index contributed by atoms with van der Waals surface area (Å²) >= 11 is 0. The van der Waals surface area contributed by atoms with Crippen LogP contribution in [-0.2, 0) is 0 Å². The molecule has 3 rings (SSSR count). The van der Waals surface area contributed by atoms with E-state index < -0.39 is 0 Å². The molecule has 1 aliphatic rings. The molecule has 1 aliphatic heterocycles. The van der Waals surface area contributed by atoms with Crippen molar-refractivity contribution < 1.29 is 0 Å². The molecule has 22 heavy (non-hydrogen) atoms. The molecule has 1 aromatic carbocycles. The van der Waals surface area contributed by atoms with Crippen molar-refractivity contribution >= 4 is 22.8 Å². The quantitative estimate of drug-likeness (QED) is 0.890. The second-order valence-corrected chi connectivity index (χ2v) is 5.94. The van der Waals surface area contributed by atoms with Gasteiger partial charge < -0.3 is 5.32 Å². The standard InChI is InChI=1S/C16H22N6/c1-10(2)22-8-17-15(18-9-22)21-16-19-12(4)13-6-5-11(3)7-14(13)20-16/h5-7,10H,8-9H2,1-4H3,(H2,17,18,19,20,21). The predicted molar refractivity (Wildman–Crippen MR) is 89.9 cm³/mol. The van der Waals surface area contributed by atoms with Crippen LogP contribution in [0, 0.1) is 13.8 Å². The fourth-order valence-electron chi connectivity index (χ4n) is 2.43. The highest BCUT2D eigenvalue weighted by molar-refractivity contribution is 5.93. The molecule has 0 unspecified atom stereocenters. The number of nitrogens with zero attached hydrogens (tertiary/aromatic N) is 4. The zero-order valence-corrected chi connectivity index (χ0v) is 13.5. The van der Waals surface area contributed by atoms with Gasteiger partial charge in [0, 0.05) is 11.4 Å². The fraction of sp³-hybridized carbons (Fsp3) is 0.438. The van der Waals surface area contributed by atoms with Gasteiger partial charge in [0.05, 0.1) is 24.5 Å². The SMILES string of the molecule is Cc1ccc2c(C)nc(NC3=NCN(C(C)C)CN3)nc2c1. The number of benzene rings is 1. The Bertz CT molecular complexity index is 722. The Morgan fingerprint density at radius 1 is 1.23 bits per heavy atom. The summed E-state index contributed by atoms with van der Waals surface area (Å²) in [7, 11) is 0. The van der Waals surface area contributed by atoms with Crippen LogP contribution < -0.4 is 10.6 Å². The highest BCUT2D eigenvalue weighted by Crippen LogP contribution is 2.18. The molecule has 0 saturated heterocycles. The third-order valence-electron chi connectivity index (χ3n) is 3.86. The number of fused-ring (bicyclic) bond motifs is 1. The minimum atomic E-state index is 0.472. The molecule has 0 bridgehead atoms. The lowest BCUT2D eigenvalue weighted by Gasteiger charge is -2.29. The van der Waals surface area contributed by atoms with Gasteiger partial charge in [-0.1, -0.05) is 12.1 Å². The van der Waals surface area contributed by atoms with E-state index in [0.717, 1.165) is 29.2 Å². The van der Waals surface area contributed by atoms with Gasteiger partial charge in [-0.05, 0) is 39.3 Å². The van der Waals surface area contributed by atoms with Gasteiger partial charge in [-0.15, -0.1) is 0 Å². The minimum Gasteiger partial charge on any atom is -0.343 e. The molecule has 2 heterocycles. The van der Waals surface area contributed by atoms with Gasteiger partial charge in [0.25, 0.3) is 0 Å². The minimum absolute atomic E-state index is 0.472. The number of aryl methyl sites for hydroxylation is 2. The highest BCUT2D eigenvalue weighted by atomic mass is 15.4. The Hall–Kier alpha value is -2.21. The molecule has 0 saturated carbocycles. The number of rotatable bonds is 2. The molecule has 0 aliphatic carbocycles. The molecule has 6 nitrogen and oxygen atoms in total. The van der Waals surface area contributed by atoms with Gasteiger partial charge in [-0.2, -0.15) is 0 Å². The smallest absolute Gasteiger partial charge is 0.230 e. The van der Waals surface area contributed by atoms with Gasteiger partial charge in [0.2, 0.25) is 11.9 Å². The number of nitrogens with one attached hydrogen (secondary N) is 2. The van der Waals surface area contributed by atoms with E-state index in [2.05, 4.69) is 69.5 Å². The van der Waals surface area contributed by atoms with Crippen LogP contribution in [0.5, 0.6) is 0 Å². The maximum atomic E-state index is 4.59. The number of hydrogen-bond donors (Lipinski definition) is 2. The molecule has 0 atom stereocenters. The Balaban J connectivity index is 1.83. The van der Waals surface area contributed by atoms with Gasteiger partial charge in [0.1, 0.15) is 0 Å². The van der Waals surface area contributed by atoms with Crippen molar-refractivity contribution in [2.45, 2.75) is 33.7 Å². The van der Waals surface area contributed by atoms with Crippen LogP contribution in [0.2, 0.25) is 0 Å². The van der Waals surface area contributed by atoms with Crippen LogP contribution in [-0.4, -0.2) is 40.2 Å². The first-order chi connectivity index (χ1) is 10.5. The van der Waals surface area contributed by atoms with E-state index in [0.29, 0.717) is 18.7 Å². The number of guanidine groups is 1. The molecular weight excluding hydrogens is 276 g/mol. The Morgan fingerprint density at radius 2 is 2.05 bits per heavy atom. The van der Waals surface area contributed by atoms with E-state index in [1.54, 1.807) is 0 Å². The number of aliphatic imine (C=N–C) groups is 1. The van der Waals surface area contributed by atoms with Crippen molar-refractivity contribution in [1.29, 1.82) is 0 Å². The zero-order chi connectivity index (χ0) is 15.7. The van der Waals surface area contributed by atoms with Crippen LogP contribution in [0.3, 0.4) is 0 Å². The summed E-state index contributed by atoms with van der Waals surface area (Å²) in [6.45, 7) is 9.84. The summed E-state index contributed by atoms with van der Waals surface area (Å²) in [6, 6.07) is 6.70. The molecule has 116 valence electrons. The summed E-state index contributed by atoms with van der Waals surface area (Å²) in [5.41, 5.74) is 3.11. The van der Waals surface area contributed by atoms with Crippen LogP contribution in [0.1, 0.15) is 25.1 Å². The van der Waals surface area contributed by atoms with E-state index >= 15 is 0 Å². The summed E-state index contributed by atoms with van der Waals surface area (Å²) in [6.07, 6.45) is 0. The molecule has 6 heteroatoms. The number of anilines is 1. The number of hydrogen-bond acceptors (Lipinski definition) is 6. The predicted octanol–water partition coefficient (Wildman–Crippen LogP) is 2.24. The van der Waals surface area contributed by atoms with Gasteiger partial charge in [-0.3, -0.25) is 10.2 Å². The van der Waals surface area contributed by atoms with E-state index in [1.165, 1.54) is 5.56 Å². The van der Waals surface area contributed by atoms with Crippen molar-refractivity contribution in [2.24, 2.45) is 4.99 Å². The Kier molecular flexibility index (Phi) is 3.94. The van der Waals surface area contributed by atoms with Gasteiger partial charge >= 0.3 is 0 Å². The Labute approximate surface area is 130 Å². The molecule has 1 aromatic heterocycles. The van der Waals surface area contributed by atoms with Crippen molar-refractivity contribution in [3.63, 3.8) is 0 Å². The molecule has 0 amide bonds. The number of aromatic nitrogens is 2. The third-order valence-corrected chi connectivity index (χ3v) is 3.86. The van der Waals surface area contributed by atoms with Crippen LogP contribution in [0.15, 0.2) is 23.2 Å². The van der Waals surface area contributed by atoms with E-state index in [1.807, 2.05) is 6.92 Å². The van der Waals surface area contributed by atoms with Crippen LogP contribution in [0.25, 0.3) is 10.9 Å². The zero-order valence-electron chi connectivity index (χ0n) is 13.5. The first-order valence-electron chi connectivity index (χ1n) is 7.57. The van der Waals surface area contributed by atoms with Crippen molar-refractivity contribution in [3.8, 4) is 0 Å². The monoisotopic (exact) mass is 298 g/mol. The van der Waals surface area contributed by atoms with Gasteiger partial charge in [-0.25, -0.2) is 15.0 Å². The third kappa shape index (κ3) is 3.01. The molecule has 0 radical (unpaired) electrons. The molecular formula is C16H22N6. The van der Waals surface area contributed by atoms with Crippen molar-refractivity contribution in [1.82, 2.24) is 20.2 Å². The normalized spacial score (nSPS) is 15.8. The van der Waals surface area contributed by atoms with Crippen molar-refractivity contribution in [3.05, 3.63) is 29.5 Å². The largest absolute Gasteiger partial charge is 0.343 e. The molecule has 2 aromatic rings. The first-order valence-corrected chi connectivity index (χ1v) is 7.57. The lowest BCUT2D eigenvalue weighted by atomic mass is 10.1. The van der Waals surface area contributed by atoms with E-state index in [-0.39, 0.29) is 0 Å². The fourth-order valence-corrected chi connectivity index (χ4v) is 2.43. The second-order valence-electron chi connectivity index (χ2n) is 5.94. The van der Waals surface area contributed by atoms with Gasteiger partial charge in [0.15, 0.2) is 0 Å². The Morgan fingerprint density at radius 3 is 2.73 bits per heavy atom. The topological polar surface area (TPSA) is 65.4 Å². The maximum absolute atomic E-state index is 4.59. The van der Waals surface area contributed by atoms with E-state index in [9.17, 15) is 0 Å². The summed E-state index contributed by atoms with van der Waals surface area (Å²) in [5.74, 6) is 1.31. The first kappa shape index (κ1) is 14.7. The second kappa shape index (κ2) is 5.88. The lowest BCUT2D eigenvalue weighted by Crippen LogP contribution is -2.48. The highest BCUT2D eigenvalue weighted by Gasteiger charge is 2.15. The average molecular weight is 298 g/mol. The summed E-state index contributed by atoms with van der Waals surface area (Å²) in [5, 5.41) is 7.53. The average Bonchev–Trinajstić information content (AvgIpc) is 2.47. The maximum Gasteiger partial charge on any atom is 0.230 e. The molecule has 2 N–H and O–H groups in total. The summed E-state index contributed by atoms with van der Waals surface area (Å²) < 4.78 is 0. The van der Waals surface area contributed by atoms with Crippen LogP contribution in [0.4, 0.5) is 5.95 Å². The summed E-state index contributed by atoms with van der Waals surface area (Å²) in [4.78, 5) is 15.8. The molecule has 0 spiro atoms. The van der Waals surface area contributed by atoms with Crippen LogP contribution >= 0.6 is 0 Å². The van der Waals surface area contributed by atoms with E-state index in [4.69, 9.17) is 0 Å².